The maximum Gasteiger partial charge on any atom is 0.255 e. The summed E-state index contributed by atoms with van der Waals surface area (Å²) in [4.78, 5) is 24.2. The van der Waals surface area contributed by atoms with Crippen molar-refractivity contribution in [2.75, 3.05) is 26.8 Å². The maximum absolute atomic E-state index is 12.2. The van der Waals surface area contributed by atoms with Crippen LogP contribution in [0.2, 0.25) is 5.02 Å². The molecule has 2 rings (SSSR count). The minimum absolute atomic E-state index is 0.117. The number of ether oxygens (including phenoxy) is 2. The fourth-order valence-corrected chi connectivity index (χ4v) is 2.62. The average molecular weight is 391 g/mol. The van der Waals surface area contributed by atoms with Crippen LogP contribution in [0.4, 0.5) is 0 Å². The number of halogens is 1. The van der Waals surface area contributed by atoms with Crippen LogP contribution < -0.4 is 20.1 Å². The van der Waals surface area contributed by atoms with Crippen molar-refractivity contribution in [1.82, 2.24) is 10.6 Å². The van der Waals surface area contributed by atoms with Gasteiger partial charge in [0, 0.05) is 18.1 Å². The van der Waals surface area contributed by atoms with Crippen molar-refractivity contribution in [3.05, 3.63) is 58.6 Å². The van der Waals surface area contributed by atoms with Crippen molar-refractivity contribution < 1.29 is 19.1 Å². The van der Waals surface area contributed by atoms with E-state index in [4.69, 9.17) is 21.1 Å². The number of benzene rings is 2. The monoisotopic (exact) mass is 390 g/mol. The second kappa shape index (κ2) is 10.4. The van der Waals surface area contributed by atoms with Gasteiger partial charge in [-0.15, -0.1) is 0 Å². The molecular formula is C20H23ClN2O4. The van der Waals surface area contributed by atoms with E-state index in [1.807, 2.05) is 31.2 Å². The highest BCUT2D eigenvalue weighted by atomic mass is 35.5. The van der Waals surface area contributed by atoms with Gasteiger partial charge < -0.3 is 20.1 Å². The Hall–Kier alpha value is -2.73. The summed E-state index contributed by atoms with van der Waals surface area (Å²) in [6.45, 7) is 3.14. The van der Waals surface area contributed by atoms with Gasteiger partial charge in [-0.25, -0.2) is 0 Å². The predicted octanol–water partition coefficient (Wildman–Crippen LogP) is 2.84. The second-order valence-electron chi connectivity index (χ2n) is 5.70. The highest BCUT2D eigenvalue weighted by Gasteiger charge is 2.12. The zero-order chi connectivity index (χ0) is 19.6. The van der Waals surface area contributed by atoms with Crippen molar-refractivity contribution in [2.45, 2.75) is 13.3 Å². The van der Waals surface area contributed by atoms with Crippen LogP contribution in [0.15, 0.2) is 42.5 Å². The summed E-state index contributed by atoms with van der Waals surface area (Å²) < 4.78 is 10.5. The van der Waals surface area contributed by atoms with Crippen molar-refractivity contribution in [2.24, 2.45) is 0 Å². The molecule has 0 radical (unpaired) electrons. The molecule has 0 saturated heterocycles. The topological polar surface area (TPSA) is 76.7 Å². The van der Waals surface area contributed by atoms with Gasteiger partial charge in [0.15, 0.2) is 0 Å². The first-order chi connectivity index (χ1) is 13.0. The quantitative estimate of drug-likeness (QED) is 0.645. The van der Waals surface area contributed by atoms with Crippen molar-refractivity contribution in [3.8, 4) is 11.5 Å². The molecule has 0 saturated carbocycles. The number of carbonyl (C=O) groups is 2. The molecule has 0 bridgehead atoms. The van der Waals surface area contributed by atoms with E-state index in [9.17, 15) is 9.59 Å². The molecule has 0 aliphatic heterocycles. The lowest BCUT2D eigenvalue weighted by molar-refractivity contribution is -0.120. The zero-order valence-corrected chi connectivity index (χ0v) is 16.1. The van der Waals surface area contributed by atoms with Crippen molar-refractivity contribution >= 4 is 23.4 Å². The van der Waals surface area contributed by atoms with E-state index >= 15 is 0 Å². The lowest BCUT2D eigenvalue weighted by atomic mass is 10.1. The number of hydrogen-bond donors (Lipinski definition) is 2. The van der Waals surface area contributed by atoms with Crippen molar-refractivity contribution in [1.29, 1.82) is 0 Å². The summed E-state index contributed by atoms with van der Waals surface area (Å²) in [5, 5.41) is 5.96. The Kier molecular flexibility index (Phi) is 7.95. The fourth-order valence-electron chi connectivity index (χ4n) is 2.45. The Balaban J connectivity index is 1.75. The molecule has 6 nitrogen and oxygen atoms in total. The summed E-state index contributed by atoms with van der Waals surface area (Å²) in [5.41, 5.74) is 1.24. The molecule has 7 heteroatoms. The molecule has 2 amide bonds. The molecule has 0 aliphatic carbocycles. The summed E-state index contributed by atoms with van der Waals surface area (Å²) >= 11 is 5.92. The number of carbonyl (C=O) groups excluding carboxylic acids is 2. The van der Waals surface area contributed by atoms with E-state index in [0.717, 1.165) is 11.3 Å². The van der Waals surface area contributed by atoms with Gasteiger partial charge in [-0.1, -0.05) is 23.7 Å². The highest BCUT2D eigenvalue weighted by molar-refractivity contribution is 6.31. The van der Waals surface area contributed by atoms with E-state index in [1.54, 1.807) is 18.2 Å². The number of amides is 2. The standard InChI is InChI=1S/C20H23ClN2O4/c1-3-27-16-7-4-14(5-8-16)12-19(24)22-10-11-23-20(25)17-13-15(21)6-9-18(17)26-2/h4-9,13H,3,10-12H2,1-2H3,(H,22,24)(H,23,25). The molecule has 27 heavy (non-hydrogen) atoms. The molecule has 0 spiro atoms. The molecule has 0 fully saturated rings. The Bertz CT molecular complexity index is 778. The normalized spacial score (nSPS) is 10.2. The summed E-state index contributed by atoms with van der Waals surface area (Å²) in [6.07, 6.45) is 0.266. The summed E-state index contributed by atoms with van der Waals surface area (Å²) in [5.74, 6) is 0.793. The number of nitrogens with one attached hydrogen (secondary N) is 2. The summed E-state index contributed by atoms with van der Waals surface area (Å²) in [7, 11) is 1.49. The van der Waals surface area contributed by atoms with E-state index in [-0.39, 0.29) is 18.2 Å². The Morgan fingerprint density at radius 2 is 1.74 bits per heavy atom. The van der Waals surface area contributed by atoms with Gasteiger partial charge in [0.05, 0.1) is 25.7 Å². The van der Waals surface area contributed by atoms with Crippen LogP contribution in [0.25, 0.3) is 0 Å². The number of hydrogen-bond acceptors (Lipinski definition) is 4. The predicted molar refractivity (Wildman–Crippen MR) is 105 cm³/mol. The molecule has 0 aromatic heterocycles. The second-order valence-corrected chi connectivity index (χ2v) is 6.14. The number of rotatable bonds is 9. The molecule has 0 unspecified atom stereocenters. The van der Waals surface area contributed by atoms with E-state index in [1.165, 1.54) is 7.11 Å². The van der Waals surface area contributed by atoms with Gasteiger partial charge in [-0.05, 0) is 42.8 Å². The molecule has 2 aromatic carbocycles. The third-order valence-corrected chi connectivity index (χ3v) is 3.97. The van der Waals surface area contributed by atoms with Crippen LogP contribution in [0.3, 0.4) is 0 Å². The first kappa shape index (κ1) is 20.6. The number of methoxy groups -OCH3 is 1. The van der Waals surface area contributed by atoms with Crippen LogP contribution in [0.1, 0.15) is 22.8 Å². The smallest absolute Gasteiger partial charge is 0.255 e. The first-order valence-electron chi connectivity index (χ1n) is 8.63. The lowest BCUT2D eigenvalue weighted by Crippen LogP contribution is -2.35. The minimum atomic E-state index is -0.310. The van der Waals surface area contributed by atoms with E-state index in [0.29, 0.717) is 36.0 Å². The Morgan fingerprint density at radius 1 is 1.04 bits per heavy atom. The molecule has 144 valence electrons. The molecule has 0 atom stereocenters. The fraction of sp³-hybridized carbons (Fsp3) is 0.300. The third-order valence-electron chi connectivity index (χ3n) is 3.74. The van der Waals surface area contributed by atoms with Gasteiger partial charge >= 0.3 is 0 Å². The van der Waals surface area contributed by atoms with Gasteiger partial charge in [0.25, 0.3) is 5.91 Å². The van der Waals surface area contributed by atoms with E-state index < -0.39 is 0 Å². The largest absolute Gasteiger partial charge is 0.496 e. The molecule has 0 aliphatic rings. The van der Waals surface area contributed by atoms with Crippen molar-refractivity contribution in [3.63, 3.8) is 0 Å². The molecular weight excluding hydrogens is 368 g/mol. The molecule has 0 heterocycles. The maximum atomic E-state index is 12.2. The SMILES string of the molecule is CCOc1ccc(CC(=O)NCCNC(=O)c2cc(Cl)ccc2OC)cc1. The summed E-state index contributed by atoms with van der Waals surface area (Å²) in [6, 6.07) is 12.2. The van der Waals surface area contributed by atoms with Gasteiger partial charge in [-0.3, -0.25) is 9.59 Å². The van der Waals surface area contributed by atoms with Gasteiger partial charge in [0.1, 0.15) is 11.5 Å². The van der Waals surface area contributed by atoms with Crippen LogP contribution in [0, 0.1) is 0 Å². The van der Waals surface area contributed by atoms with Crippen LogP contribution >= 0.6 is 11.6 Å². The Morgan fingerprint density at radius 3 is 2.41 bits per heavy atom. The van der Waals surface area contributed by atoms with Crippen LogP contribution in [-0.2, 0) is 11.2 Å². The average Bonchev–Trinajstić information content (AvgIpc) is 2.67. The molecule has 2 N–H and O–H groups in total. The minimum Gasteiger partial charge on any atom is -0.496 e. The van der Waals surface area contributed by atoms with Gasteiger partial charge in [-0.2, -0.15) is 0 Å². The van der Waals surface area contributed by atoms with E-state index in [2.05, 4.69) is 10.6 Å². The molecule has 2 aromatic rings. The lowest BCUT2D eigenvalue weighted by Gasteiger charge is -2.10. The van der Waals surface area contributed by atoms with Gasteiger partial charge in [0.2, 0.25) is 5.91 Å². The third kappa shape index (κ3) is 6.49. The first-order valence-corrected chi connectivity index (χ1v) is 9.01. The zero-order valence-electron chi connectivity index (χ0n) is 15.4. The van der Waals surface area contributed by atoms with Crippen LogP contribution in [0.5, 0.6) is 11.5 Å². The highest BCUT2D eigenvalue weighted by Crippen LogP contribution is 2.22. The Labute approximate surface area is 163 Å². The van der Waals surface area contributed by atoms with Crippen LogP contribution in [-0.4, -0.2) is 38.6 Å².